The van der Waals surface area contributed by atoms with E-state index in [1.165, 1.54) is 0 Å². The van der Waals surface area contributed by atoms with Gasteiger partial charge in [0.05, 0.1) is 5.38 Å². The van der Waals surface area contributed by atoms with E-state index in [0.717, 1.165) is 12.1 Å². The molecule has 0 amide bonds. The summed E-state index contributed by atoms with van der Waals surface area (Å²) in [5.41, 5.74) is 6.19. The van der Waals surface area contributed by atoms with Crippen molar-refractivity contribution in [2.75, 3.05) is 0 Å². The summed E-state index contributed by atoms with van der Waals surface area (Å²) in [6.45, 7) is 0. The number of hydrogen-bond donors (Lipinski definition) is 1. The van der Waals surface area contributed by atoms with Gasteiger partial charge in [-0.15, -0.1) is 11.6 Å². The Morgan fingerprint density at radius 3 is 2.88 bits per heavy atom. The first kappa shape index (κ1) is 5.70. The van der Waals surface area contributed by atoms with Crippen molar-refractivity contribution in [2.45, 2.75) is 11.8 Å². The number of hydrogen-bond acceptors (Lipinski definition) is 1. The molecule has 1 unspecified atom stereocenters. The minimum atomic E-state index is 0.111. The zero-order valence-electron chi connectivity index (χ0n) is 4.47. The average Bonchev–Trinajstić information content (AvgIpc) is 1.64. The Morgan fingerprint density at radius 2 is 2.50 bits per heavy atom. The lowest BCUT2D eigenvalue weighted by Gasteiger charge is -2.05. The predicted molar refractivity (Wildman–Crippen MR) is 35.7 cm³/mol. The fraction of sp³-hybridized carbons (Fsp3) is 0.333. The van der Waals surface area contributed by atoms with Crippen LogP contribution in [0.5, 0.6) is 0 Å². The van der Waals surface area contributed by atoms with Crippen LogP contribution in [0.3, 0.4) is 0 Å². The van der Waals surface area contributed by atoms with Crippen molar-refractivity contribution in [2.24, 2.45) is 5.73 Å². The van der Waals surface area contributed by atoms with E-state index in [4.69, 9.17) is 17.3 Å². The van der Waals surface area contributed by atoms with Gasteiger partial charge in [0, 0.05) is 5.70 Å². The van der Waals surface area contributed by atoms with E-state index in [0.29, 0.717) is 0 Å². The molecule has 0 aromatic heterocycles. The van der Waals surface area contributed by atoms with Gasteiger partial charge >= 0.3 is 0 Å². The van der Waals surface area contributed by atoms with E-state index < -0.39 is 0 Å². The molecule has 1 nitrogen and oxygen atoms in total. The third-order valence-corrected chi connectivity index (χ3v) is 1.35. The zero-order chi connectivity index (χ0) is 5.98. The number of rotatable bonds is 0. The molecule has 0 aromatic carbocycles. The molecule has 0 saturated carbocycles. The number of allylic oxidation sites excluding steroid dienone is 3. The quantitative estimate of drug-likeness (QED) is 0.492. The van der Waals surface area contributed by atoms with Crippen molar-refractivity contribution < 1.29 is 0 Å². The van der Waals surface area contributed by atoms with Crippen molar-refractivity contribution in [1.82, 2.24) is 0 Å². The molecule has 0 aliphatic heterocycles. The molecule has 0 heterocycles. The highest BCUT2D eigenvalue weighted by Crippen LogP contribution is 2.11. The van der Waals surface area contributed by atoms with Gasteiger partial charge in [-0.3, -0.25) is 0 Å². The summed E-state index contributed by atoms with van der Waals surface area (Å²) in [7, 11) is 0. The first-order chi connectivity index (χ1) is 3.79. The van der Waals surface area contributed by atoms with Crippen LogP contribution in [0, 0.1) is 0 Å². The van der Waals surface area contributed by atoms with Gasteiger partial charge in [-0.1, -0.05) is 6.08 Å². The van der Waals surface area contributed by atoms with Crippen molar-refractivity contribution in [3.63, 3.8) is 0 Å². The molecule has 1 aliphatic carbocycles. The maximum atomic E-state index is 5.70. The van der Waals surface area contributed by atoms with Crippen LogP contribution in [0.25, 0.3) is 0 Å². The molecule has 1 rings (SSSR count). The van der Waals surface area contributed by atoms with Gasteiger partial charge in [-0.05, 0) is 18.6 Å². The van der Waals surface area contributed by atoms with Crippen LogP contribution in [0.2, 0.25) is 0 Å². The second-order valence-electron chi connectivity index (χ2n) is 1.82. The molecule has 8 heavy (non-hydrogen) atoms. The Morgan fingerprint density at radius 1 is 1.75 bits per heavy atom. The summed E-state index contributed by atoms with van der Waals surface area (Å²) >= 11 is 5.70. The number of nitrogens with two attached hydrogens (primary N) is 1. The van der Waals surface area contributed by atoms with Crippen LogP contribution in [-0.4, -0.2) is 5.38 Å². The molecule has 2 N–H and O–H groups in total. The van der Waals surface area contributed by atoms with E-state index in [2.05, 4.69) is 0 Å². The van der Waals surface area contributed by atoms with Crippen LogP contribution in [-0.2, 0) is 0 Å². The molecule has 1 atom stereocenters. The predicted octanol–water partition coefficient (Wildman–Crippen LogP) is 1.40. The minimum absolute atomic E-state index is 0.111. The van der Waals surface area contributed by atoms with E-state index >= 15 is 0 Å². The first-order valence-corrected chi connectivity index (χ1v) is 3.00. The molecule has 1 aliphatic rings. The van der Waals surface area contributed by atoms with Gasteiger partial charge in [0.15, 0.2) is 0 Å². The Hall–Kier alpha value is -0.430. The Kier molecular flexibility index (Phi) is 1.59. The van der Waals surface area contributed by atoms with E-state index in [9.17, 15) is 0 Å². The normalized spacial score (nSPS) is 27.6. The zero-order valence-corrected chi connectivity index (χ0v) is 5.23. The molecule has 0 bridgehead atoms. The SMILES string of the molecule is NC1=CC(Cl)CC=C1. The lowest BCUT2D eigenvalue weighted by atomic mass is 10.1. The number of alkyl halides is 1. The molecule has 44 valence electrons. The van der Waals surface area contributed by atoms with E-state index in [1.807, 2.05) is 18.2 Å². The van der Waals surface area contributed by atoms with Crippen molar-refractivity contribution in [3.8, 4) is 0 Å². The summed E-state index contributed by atoms with van der Waals surface area (Å²) in [5, 5.41) is 0.111. The smallest absolute Gasteiger partial charge is 0.0573 e. The second-order valence-corrected chi connectivity index (χ2v) is 2.38. The lowest BCUT2D eigenvalue weighted by molar-refractivity contribution is 1.02. The van der Waals surface area contributed by atoms with Gasteiger partial charge in [-0.25, -0.2) is 0 Å². The molecular formula is C6H8ClN. The fourth-order valence-corrected chi connectivity index (χ4v) is 0.915. The van der Waals surface area contributed by atoms with Crippen LogP contribution in [0.4, 0.5) is 0 Å². The van der Waals surface area contributed by atoms with Gasteiger partial charge in [-0.2, -0.15) is 0 Å². The molecule has 0 aromatic rings. The van der Waals surface area contributed by atoms with Gasteiger partial charge < -0.3 is 5.73 Å². The topological polar surface area (TPSA) is 26.0 Å². The van der Waals surface area contributed by atoms with Crippen LogP contribution in [0.15, 0.2) is 23.9 Å². The Labute approximate surface area is 53.8 Å². The first-order valence-electron chi connectivity index (χ1n) is 2.57. The Bertz CT molecular complexity index is 137. The highest BCUT2D eigenvalue weighted by Gasteiger charge is 2.01. The van der Waals surface area contributed by atoms with E-state index in [-0.39, 0.29) is 5.38 Å². The van der Waals surface area contributed by atoms with Gasteiger partial charge in [0.1, 0.15) is 0 Å². The maximum Gasteiger partial charge on any atom is 0.0573 e. The monoisotopic (exact) mass is 129 g/mol. The van der Waals surface area contributed by atoms with Gasteiger partial charge in [0.2, 0.25) is 0 Å². The molecule has 0 radical (unpaired) electrons. The highest BCUT2D eigenvalue weighted by atomic mass is 35.5. The third kappa shape index (κ3) is 1.27. The third-order valence-electron chi connectivity index (χ3n) is 1.04. The van der Waals surface area contributed by atoms with Crippen molar-refractivity contribution >= 4 is 11.6 Å². The highest BCUT2D eigenvalue weighted by molar-refractivity contribution is 6.22. The minimum Gasteiger partial charge on any atom is -0.399 e. The van der Waals surface area contributed by atoms with Crippen molar-refractivity contribution in [1.29, 1.82) is 0 Å². The molecule has 0 saturated heterocycles. The molecule has 0 fully saturated rings. The van der Waals surface area contributed by atoms with Crippen LogP contribution in [0.1, 0.15) is 6.42 Å². The number of halogens is 1. The van der Waals surface area contributed by atoms with Gasteiger partial charge in [0.25, 0.3) is 0 Å². The second kappa shape index (κ2) is 2.23. The molecule has 0 spiro atoms. The summed E-state index contributed by atoms with van der Waals surface area (Å²) < 4.78 is 0. The van der Waals surface area contributed by atoms with Crippen molar-refractivity contribution in [3.05, 3.63) is 23.9 Å². The lowest BCUT2D eigenvalue weighted by Crippen LogP contribution is -2.03. The fourth-order valence-electron chi connectivity index (χ4n) is 0.667. The summed E-state index contributed by atoms with van der Waals surface area (Å²) in [6.07, 6.45) is 6.61. The largest absolute Gasteiger partial charge is 0.399 e. The Balaban J connectivity index is 2.63. The molecule has 2 heteroatoms. The summed E-state index contributed by atoms with van der Waals surface area (Å²) in [4.78, 5) is 0. The molecular weight excluding hydrogens is 122 g/mol. The standard InChI is InChI=1S/C6H8ClN/c7-5-2-1-3-6(8)4-5/h1,3-5H,2,8H2. The van der Waals surface area contributed by atoms with Crippen LogP contribution < -0.4 is 5.73 Å². The maximum absolute atomic E-state index is 5.70. The van der Waals surface area contributed by atoms with E-state index in [1.54, 1.807) is 0 Å². The summed E-state index contributed by atoms with van der Waals surface area (Å²) in [5.74, 6) is 0. The van der Waals surface area contributed by atoms with Crippen LogP contribution >= 0.6 is 11.6 Å². The average molecular weight is 130 g/mol. The summed E-state index contributed by atoms with van der Waals surface area (Å²) in [6, 6.07) is 0.